The maximum Gasteiger partial charge on any atom is 0.472 e. The molecular formula is C50H97O9P. The standard InChI is InChI=1S/C50H97O9P/c1-3-5-7-9-11-13-15-17-19-21-22-23-24-25-27-29-31-33-35-37-39-41-43-56-46-49(47-58-60(54,55)57-45-48(52)44-51)59-50(53)42-40-38-36-34-32-30-28-26-20-18-16-14-12-10-8-6-4-2/h15,17,21-22,48-49,51-52H,3-14,16,18-20,23-47H2,1-2H3,(H,54,55)/b17-15-,22-21-. The van der Waals surface area contributed by atoms with Crippen molar-refractivity contribution in [1.82, 2.24) is 0 Å². The van der Waals surface area contributed by atoms with Gasteiger partial charge in [0.1, 0.15) is 12.2 Å². The summed E-state index contributed by atoms with van der Waals surface area (Å²) in [4.78, 5) is 22.7. The Labute approximate surface area is 370 Å². The summed E-state index contributed by atoms with van der Waals surface area (Å²) in [5.74, 6) is -0.378. The zero-order valence-corrected chi connectivity index (χ0v) is 40.1. The van der Waals surface area contributed by atoms with Crippen LogP contribution in [-0.2, 0) is 27.9 Å². The van der Waals surface area contributed by atoms with E-state index in [4.69, 9.17) is 23.6 Å². The van der Waals surface area contributed by atoms with Crippen molar-refractivity contribution in [3.63, 3.8) is 0 Å². The van der Waals surface area contributed by atoms with Crippen LogP contribution < -0.4 is 0 Å². The van der Waals surface area contributed by atoms with Gasteiger partial charge in [0.25, 0.3) is 0 Å². The fourth-order valence-electron chi connectivity index (χ4n) is 7.27. The second kappa shape index (κ2) is 47.4. The molecule has 0 spiro atoms. The monoisotopic (exact) mass is 873 g/mol. The number of hydrogen-bond donors (Lipinski definition) is 3. The molecule has 0 aliphatic heterocycles. The van der Waals surface area contributed by atoms with Gasteiger partial charge >= 0.3 is 13.8 Å². The van der Waals surface area contributed by atoms with Crippen molar-refractivity contribution < 1.29 is 43.0 Å². The first-order chi connectivity index (χ1) is 29.3. The molecule has 0 aromatic carbocycles. The molecule has 3 unspecified atom stereocenters. The van der Waals surface area contributed by atoms with Crippen molar-refractivity contribution in [1.29, 1.82) is 0 Å². The van der Waals surface area contributed by atoms with Crippen LogP contribution in [0.2, 0.25) is 0 Å². The van der Waals surface area contributed by atoms with E-state index in [-0.39, 0.29) is 25.6 Å². The predicted octanol–water partition coefficient (Wildman–Crippen LogP) is 14.6. The minimum atomic E-state index is -4.52. The Morgan fingerprint density at radius 1 is 0.517 bits per heavy atom. The summed E-state index contributed by atoms with van der Waals surface area (Å²) in [6.45, 7) is 3.55. The molecule has 0 saturated carbocycles. The third kappa shape index (κ3) is 46.4. The summed E-state index contributed by atoms with van der Waals surface area (Å²) in [6.07, 6.45) is 51.4. The quantitative estimate of drug-likeness (QED) is 0.0237. The summed E-state index contributed by atoms with van der Waals surface area (Å²) in [6, 6.07) is 0. The highest BCUT2D eigenvalue weighted by Gasteiger charge is 2.26. The number of allylic oxidation sites excluding steroid dienone is 4. The molecule has 0 aliphatic carbocycles. The molecule has 0 saturated heterocycles. The van der Waals surface area contributed by atoms with Crippen LogP contribution in [-0.4, -0.2) is 66.3 Å². The Bertz CT molecular complexity index is 991. The number of carbonyl (C=O) groups excluding carboxylic acids is 1. The summed E-state index contributed by atoms with van der Waals surface area (Å²) >= 11 is 0. The second-order valence-electron chi connectivity index (χ2n) is 17.2. The van der Waals surface area contributed by atoms with Gasteiger partial charge < -0.3 is 24.6 Å². The normalized spacial score (nSPS) is 14.0. The zero-order chi connectivity index (χ0) is 43.9. The molecule has 0 aromatic rings. The maximum absolute atomic E-state index is 12.7. The van der Waals surface area contributed by atoms with Crippen LogP contribution in [0.25, 0.3) is 0 Å². The molecule has 0 rings (SSSR count). The Hall–Kier alpha value is -1.06. The smallest absolute Gasteiger partial charge is 0.457 e. The highest BCUT2D eigenvalue weighted by Crippen LogP contribution is 2.43. The fraction of sp³-hybridized carbons (Fsp3) is 0.900. The largest absolute Gasteiger partial charge is 0.472 e. The number of unbranched alkanes of at least 4 members (excludes halogenated alkanes) is 31. The van der Waals surface area contributed by atoms with Gasteiger partial charge in [-0.3, -0.25) is 13.8 Å². The van der Waals surface area contributed by atoms with Crippen LogP contribution >= 0.6 is 7.82 Å². The van der Waals surface area contributed by atoms with Crippen molar-refractivity contribution in [2.45, 2.75) is 257 Å². The number of phosphoric acid groups is 1. The van der Waals surface area contributed by atoms with Crippen molar-refractivity contribution in [2.24, 2.45) is 0 Å². The highest BCUT2D eigenvalue weighted by molar-refractivity contribution is 7.47. The Morgan fingerprint density at radius 3 is 1.33 bits per heavy atom. The second-order valence-corrected chi connectivity index (χ2v) is 18.6. The average molecular weight is 873 g/mol. The van der Waals surface area contributed by atoms with E-state index in [2.05, 4.69) is 38.2 Å². The molecule has 10 heteroatoms. The summed E-state index contributed by atoms with van der Waals surface area (Å²) in [5.41, 5.74) is 0. The van der Waals surface area contributed by atoms with Gasteiger partial charge in [0.2, 0.25) is 0 Å². The van der Waals surface area contributed by atoms with Crippen LogP contribution in [0.3, 0.4) is 0 Å². The number of esters is 1. The Kier molecular flexibility index (Phi) is 46.6. The first kappa shape index (κ1) is 58.9. The fourth-order valence-corrected chi connectivity index (χ4v) is 8.06. The van der Waals surface area contributed by atoms with Gasteiger partial charge in [-0.05, 0) is 44.9 Å². The van der Waals surface area contributed by atoms with E-state index in [1.807, 2.05) is 0 Å². The van der Waals surface area contributed by atoms with Gasteiger partial charge in [-0.2, -0.15) is 0 Å². The number of hydrogen-bond acceptors (Lipinski definition) is 8. The van der Waals surface area contributed by atoms with E-state index in [1.54, 1.807) is 0 Å². The maximum atomic E-state index is 12.7. The molecule has 0 aliphatic rings. The van der Waals surface area contributed by atoms with E-state index < -0.39 is 33.2 Å². The number of rotatable bonds is 49. The predicted molar refractivity (Wildman–Crippen MR) is 251 cm³/mol. The van der Waals surface area contributed by atoms with E-state index in [9.17, 15) is 19.4 Å². The van der Waals surface area contributed by atoms with Gasteiger partial charge in [0.15, 0.2) is 0 Å². The van der Waals surface area contributed by atoms with Crippen molar-refractivity contribution in [3.05, 3.63) is 24.3 Å². The van der Waals surface area contributed by atoms with Crippen molar-refractivity contribution in [3.8, 4) is 0 Å². The molecule has 60 heavy (non-hydrogen) atoms. The molecule has 0 aromatic heterocycles. The first-order valence-corrected chi connectivity index (χ1v) is 26.8. The first-order valence-electron chi connectivity index (χ1n) is 25.3. The number of carbonyl (C=O) groups is 1. The number of aliphatic hydroxyl groups excluding tert-OH is 2. The Balaban J connectivity index is 4.05. The van der Waals surface area contributed by atoms with Crippen LogP contribution in [0.5, 0.6) is 0 Å². The number of aliphatic hydroxyl groups is 2. The molecule has 3 atom stereocenters. The molecule has 3 N–H and O–H groups in total. The lowest BCUT2D eigenvalue weighted by Gasteiger charge is -2.20. The van der Waals surface area contributed by atoms with Crippen molar-refractivity contribution in [2.75, 3.05) is 33.0 Å². The van der Waals surface area contributed by atoms with Gasteiger partial charge in [0.05, 0.1) is 26.4 Å². The summed E-state index contributed by atoms with van der Waals surface area (Å²) in [7, 11) is -4.52. The van der Waals surface area contributed by atoms with E-state index in [1.165, 1.54) is 180 Å². The molecule has 0 heterocycles. The van der Waals surface area contributed by atoms with Crippen LogP contribution in [0.1, 0.15) is 245 Å². The van der Waals surface area contributed by atoms with E-state index in [0.717, 1.165) is 44.9 Å². The lowest BCUT2D eigenvalue weighted by molar-refractivity contribution is -0.154. The Morgan fingerprint density at radius 2 is 0.900 bits per heavy atom. The lowest BCUT2D eigenvalue weighted by Crippen LogP contribution is -2.29. The molecule has 9 nitrogen and oxygen atoms in total. The molecule has 0 amide bonds. The lowest BCUT2D eigenvalue weighted by atomic mass is 10.0. The summed E-state index contributed by atoms with van der Waals surface area (Å²) < 4.78 is 33.5. The van der Waals surface area contributed by atoms with E-state index in [0.29, 0.717) is 6.61 Å². The van der Waals surface area contributed by atoms with Crippen LogP contribution in [0.15, 0.2) is 24.3 Å². The average Bonchev–Trinajstić information content (AvgIpc) is 3.24. The minimum Gasteiger partial charge on any atom is -0.457 e. The molecule has 356 valence electrons. The third-order valence-electron chi connectivity index (χ3n) is 11.1. The van der Waals surface area contributed by atoms with Crippen LogP contribution in [0, 0.1) is 0 Å². The molecule has 0 fully saturated rings. The highest BCUT2D eigenvalue weighted by atomic mass is 31.2. The zero-order valence-electron chi connectivity index (χ0n) is 39.2. The number of phosphoric ester groups is 1. The van der Waals surface area contributed by atoms with Gasteiger partial charge in [-0.1, -0.05) is 218 Å². The molecule has 0 radical (unpaired) electrons. The van der Waals surface area contributed by atoms with Gasteiger partial charge in [0, 0.05) is 13.0 Å². The molecular weight excluding hydrogens is 776 g/mol. The topological polar surface area (TPSA) is 132 Å². The summed E-state index contributed by atoms with van der Waals surface area (Å²) in [5, 5.41) is 18.4. The van der Waals surface area contributed by atoms with Gasteiger partial charge in [-0.25, -0.2) is 4.57 Å². The number of ether oxygens (including phenoxy) is 2. The van der Waals surface area contributed by atoms with E-state index >= 15 is 0 Å². The van der Waals surface area contributed by atoms with Gasteiger partial charge in [-0.15, -0.1) is 0 Å². The van der Waals surface area contributed by atoms with Crippen molar-refractivity contribution >= 4 is 13.8 Å². The SMILES string of the molecule is CCCCCCC/C=C\C/C=C\CCCCCCCCCCCCOCC(COP(=O)(O)OCC(O)CO)OC(=O)CCCCCCCCCCCCCCCCCCC. The molecule has 0 bridgehead atoms. The minimum absolute atomic E-state index is 0.0517. The third-order valence-corrected chi connectivity index (χ3v) is 12.1. The van der Waals surface area contributed by atoms with Crippen LogP contribution in [0.4, 0.5) is 0 Å².